The highest BCUT2D eigenvalue weighted by atomic mass is 16.5. The highest BCUT2D eigenvalue weighted by molar-refractivity contribution is 6.22. The lowest BCUT2D eigenvalue weighted by Crippen LogP contribution is -2.38. The van der Waals surface area contributed by atoms with E-state index in [4.69, 9.17) is 4.74 Å². The number of nitrogens with zero attached hydrogens (tertiary/aromatic N) is 1. The summed E-state index contributed by atoms with van der Waals surface area (Å²) in [5.41, 5.74) is 1.05. The summed E-state index contributed by atoms with van der Waals surface area (Å²) in [5, 5.41) is 2.95. The summed E-state index contributed by atoms with van der Waals surface area (Å²) in [6.45, 7) is 3.62. The molecule has 29 heavy (non-hydrogen) atoms. The van der Waals surface area contributed by atoms with Crippen LogP contribution < -0.4 is 10.2 Å². The number of nitrogens with one attached hydrogen (secondary N) is 1. The van der Waals surface area contributed by atoms with Crippen LogP contribution in [0, 0.1) is 0 Å². The quantitative estimate of drug-likeness (QED) is 0.320. The summed E-state index contributed by atoms with van der Waals surface area (Å²) in [5.74, 6) is -1.63. The summed E-state index contributed by atoms with van der Waals surface area (Å²) in [6, 6.07) is 13.9. The van der Waals surface area contributed by atoms with E-state index in [-0.39, 0.29) is 36.2 Å². The lowest BCUT2D eigenvalue weighted by molar-refractivity contribution is -0.121. The van der Waals surface area contributed by atoms with E-state index in [9.17, 15) is 19.2 Å². The first-order valence-electron chi connectivity index (χ1n) is 9.07. The average molecular weight is 392 g/mol. The normalized spacial score (nSPS) is 16.0. The van der Waals surface area contributed by atoms with Crippen molar-refractivity contribution in [1.82, 2.24) is 5.32 Å². The maximum Gasteiger partial charge on any atom is 0.338 e. The third kappa shape index (κ3) is 4.64. The second-order valence-electron chi connectivity index (χ2n) is 6.43. The van der Waals surface area contributed by atoms with E-state index in [1.807, 2.05) is 0 Å². The zero-order valence-corrected chi connectivity index (χ0v) is 15.7. The van der Waals surface area contributed by atoms with Gasteiger partial charge in [0, 0.05) is 12.1 Å². The first kappa shape index (κ1) is 20.2. The van der Waals surface area contributed by atoms with Crippen LogP contribution in [0.2, 0.25) is 0 Å². The van der Waals surface area contributed by atoms with Gasteiger partial charge in [-0.05, 0) is 24.3 Å². The van der Waals surface area contributed by atoms with Gasteiger partial charge in [-0.1, -0.05) is 36.4 Å². The maximum atomic E-state index is 12.4. The van der Waals surface area contributed by atoms with Crippen LogP contribution in [0.25, 0.3) is 0 Å². The Hall–Kier alpha value is -3.58. The Bertz CT molecular complexity index is 937. The Morgan fingerprint density at radius 1 is 1.07 bits per heavy atom. The van der Waals surface area contributed by atoms with Gasteiger partial charge in [0.2, 0.25) is 5.91 Å². The third-order valence-electron chi connectivity index (χ3n) is 4.45. The van der Waals surface area contributed by atoms with Crippen LogP contribution in [0.3, 0.4) is 0 Å². The molecule has 1 N–H and O–H groups in total. The third-order valence-corrected chi connectivity index (χ3v) is 4.45. The molecule has 7 nitrogen and oxygen atoms in total. The van der Waals surface area contributed by atoms with Crippen molar-refractivity contribution in [2.45, 2.75) is 12.5 Å². The standard InChI is InChI=1S/C22H20N2O5/c1-2-12-23-18-13-20(26)24(21(18)27)17-10-8-16(9-11-17)22(28)29-14-19(25)15-6-4-3-5-7-15/h2-11,18,23H,1,12-14H2. The predicted octanol–water partition coefficient (Wildman–Crippen LogP) is 2.13. The van der Waals surface area contributed by atoms with Gasteiger partial charge in [0.15, 0.2) is 12.4 Å². The van der Waals surface area contributed by atoms with E-state index >= 15 is 0 Å². The molecule has 0 spiro atoms. The summed E-state index contributed by atoms with van der Waals surface area (Å²) >= 11 is 0. The van der Waals surface area contributed by atoms with Gasteiger partial charge in [-0.15, -0.1) is 6.58 Å². The molecule has 1 aliphatic heterocycles. The minimum absolute atomic E-state index is 0.0675. The molecule has 1 unspecified atom stereocenters. The van der Waals surface area contributed by atoms with Crippen molar-refractivity contribution < 1.29 is 23.9 Å². The Kier molecular flexibility index (Phi) is 6.31. The average Bonchev–Trinajstić information content (AvgIpc) is 3.04. The number of amides is 2. The Morgan fingerprint density at radius 3 is 2.41 bits per heavy atom. The van der Waals surface area contributed by atoms with E-state index in [1.54, 1.807) is 36.4 Å². The fourth-order valence-corrected chi connectivity index (χ4v) is 2.96. The minimum atomic E-state index is -0.662. The fourth-order valence-electron chi connectivity index (χ4n) is 2.96. The summed E-state index contributed by atoms with van der Waals surface area (Å²) in [7, 11) is 0. The second-order valence-corrected chi connectivity index (χ2v) is 6.43. The topological polar surface area (TPSA) is 92.8 Å². The molecule has 0 aromatic heterocycles. The predicted molar refractivity (Wildman–Crippen MR) is 107 cm³/mol. The maximum absolute atomic E-state index is 12.4. The van der Waals surface area contributed by atoms with Crippen molar-refractivity contribution in [1.29, 1.82) is 0 Å². The molecule has 1 fully saturated rings. The molecule has 2 aromatic rings. The fraction of sp³-hybridized carbons (Fsp3) is 0.182. The number of ketones is 1. The smallest absolute Gasteiger partial charge is 0.338 e. The summed E-state index contributed by atoms with van der Waals surface area (Å²) < 4.78 is 5.06. The number of benzene rings is 2. The number of carbonyl (C=O) groups excluding carboxylic acids is 4. The number of imide groups is 1. The van der Waals surface area contributed by atoms with Crippen LogP contribution in [0.5, 0.6) is 0 Å². The van der Waals surface area contributed by atoms with Crippen molar-refractivity contribution >= 4 is 29.3 Å². The zero-order valence-electron chi connectivity index (χ0n) is 15.7. The molecule has 2 amide bonds. The number of esters is 1. The van der Waals surface area contributed by atoms with Crippen LogP contribution >= 0.6 is 0 Å². The van der Waals surface area contributed by atoms with Crippen molar-refractivity contribution in [3.8, 4) is 0 Å². The first-order valence-corrected chi connectivity index (χ1v) is 9.07. The van der Waals surface area contributed by atoms with Gasteiger partial charge >= 0.3 is 5.97 Å². The van der Waals surface area contributed by atoms with Gasteiger partial charge in [0.05, 0.1) is 23.7 Å². The monoisotopic (exact) mass is 392 g/mol. The molecule has 1 aliphatic rings. The van der Waals surface area contributed by atoms with Crippen molar-refractivity contribution in [2.75, 3.05) is 18.1 Å². The van der Waals surface area contributed by atoms with Gasteiger partial charge in [0.25, 0.3) is 5.91 Å². The van der Waals surface area contributed by atoms with Crippen LogP contribution in [0.4, 0.5) is 5.69 Å². The lowest BCUT2D eigenvalue weighted by atomic mass is 10.1. The summed E-state index contributed by atoms with van der Waals surface area (Å²) in [4.78, 5) is 49.9. The van der Waals surface area contributed by atoms with Gasteiger partial charge < -0.3 is 10.1 Å². The molecule has 3 rings (SSSR count). The van der Waals surface area contributed by atoms with Crippen LogP contribution in [-0.2, 0) is 14.3 Å². The molecule has 0 aliphatic carbocycles. The van der Waals surface area contributed by atoms with Crippen LogP contribution in [0.15, 0.2) is 67.3 Å². The first-order chi connectivity index (χ1) is 14.0. The number of hydrogen-bond acceptors (Lipinski definition) is 6. The molecule has 148 valence electrons. The number of carbonyl (C=O) groups is 4. The largest absolute Gasteiger partial charge is 0.454 e. The van der Waals surface area contributed by atoms with E-state index in [0.717, 1.165) is 4.90 Å². The number of rotatable bonds is 8. The van der Waals surface area contributed by atoms with E-state index in [2.05, 4.69) is 11.9 Å². The Morgan fingerprint density at radius 2 is 1.76 bits per heavy atom. The molecule has 1 heterocycles. The van der Waals surface area contributed by atoms with Gasteiger partial charge in [-0.25, -0.2) is 9.69 Å². The summed E-state index contributed by atoms with van der Waals surface area (Å²) in [6.07, 6.45) is 1.68. The number of hydrogen-bond donors (Lipinski definition) is 1. The molecule has 0 bridgehead atoms. The van der Waals surface area contributed by atoms with Gasteiger partial charge in [-0.3, -0.25) is 14.4 Å². The second kappa shape index (κ2) is 9.07. The van der Waals surface area contributed by atoms with Crippen LogP contribution in [-0.4, -0.2) is 42.8 Å². The molecule has 2 aromatic carbocycles. The minimum Gasteiger partial charge on any atom is -0.454 e. The molecule has 7 heteroatoms. The van der Waals surface area contributed by atoms with Crippen molar-refractivity contribution in [2.24, 2.45) is 0 Å². The molecule has 1 atom stereocenters. The highest BCUT2D eigenvalue weighted by Crippen LogP contribution is 2.23. The molecular formula is C22H20N2O5. The molecule has 1 saturated heterocycles. The highest BCUT2D eigenvalue weighted by Gasteiger charge is 2.39. The number of Topliss-reactive ketones (excluding diaryl/α,β-unsaturated/α-hetero) is 1. The Labute approximate surface area is 168 Å². The van der Waals surface area contributed by atoms with Gasteiger partial charge in [0.1, 0.15) is 0 Å². The van der Waals surface area contributed by atoms with Crippen LogP contribution in [0.1, 0.15) is 27.1 Å². The number of ether oxygens (including phenoxy) is 1. The lowest BCUT2D eigenvalue weighted by Gasteiger charge is -2.15. The number of anilines is 1. The van der Waals surface area contributed by atoms with Gasteiger partial charge in [-0.2, -0.15) is 0 Å². The molecule has 0 saturated carbocycles. The SMILES string of the molecule is C=CCNC1CC(=O)N(c2ccc(C(=O)OCC(=O)c3ccccc3)cc2)C1=O. The van der Waals surface area contributed by atoms with E-state index in [1.165, 1.54) is 24.3 Å². The van der Waals surface area contributed by atoms with E-state index in [0.29, 0.717) is 17.8 Å². The van der Waals surface area contributed by atoms with Crippen molar-refractivity contribution in [3.05, 3.63) is 78.4 Å². The van der Waals surface area contributed by atoms with Crippen molar-refractivity contribution in [3.63, 3.8) is 0 Å². The molecular weight excluding hydrogens is 372 g/mol. The molecule has 0 radical (unpaired) electrons. The Balaban J connectivity index is 1.61. The van der Waals surface area contributed by atoms with E-state index < -0.39 is 12.0 Å². The zero-order chi connectivity index (χ0) is 20.8.